The second-order valence-corrected chi connectivity index (χ2v) is 7.76. The average Bonchev–Trinajstić information content (AvgIpc) is 2.75. The zero-order valence-corrected chi connectivity index (χ0v) is 16.6. The largest absolute Gasteiger partial charge is 0.392 e. The monoisotopic (exact) mass is 389 g/mol. The first-order chi connectivity index (χ1) is 14.2. The van der Waals surface area contributed by atoms with Gasteiger partial charge in [0.25, 0.3) is 0 Å². The zero-order chi connectivity index (χ0) is 20.1. The van der Waals surface area contributed by atoms with E-state index in [9.17, 15) is 9.90 Å². The number of carbonyl (C=O) groups excluding carboxylic acids is 1. The molecule has 0 aliphatic carbocycles. The molecule has 5 nitrogen and oxygen atoms in total. The number of hydrogen-bond donors (Lipinski definition) is 2. The highest BCUT2D eigenvalue weighted by Gasteiger charge is 2.21. The van der Waals surface area contributed by atoms with Crippen molar-refractivity contribution < 1.29 is 9.90 Å². The number of hydrogen-bond acceptors (Lipinski definition) is 5. The second kappa shape index (κ2) is 9.16. The molecule has 1 fully saturated rings. The summed E-state index contributed by atoms with van der Waals surface area (Å²) in [5.41, 5.74) is 3.94. The smallest absolute Gasteiger partial charge is 0.151 e. The molecule has 1 aliphatic heterocycles. The summed E-state index contributed by atoms with van der Waals surface area (Å²) in [7, 11) is 0. The molecule has 29 heavy (non-hydrogen) atoms. The van der Waals surface area contributed by atoms with E-state index in [0.717, 1.165) is 53.6 Å². The number of aromatic nitrogens is 1. The van der Waals surface area contributed by atoms with Gasteiger partial charge in [-0.25, -0.2) is 0 Å². The van der Waals surface area contributed by atoms with Crippen LogP contribution < -0.4 is 5.32 Å². The summed E-state index contributed by atoms with van der Waals surface area (Å²) in [5.74, 6) is 0.255. The maximum atomic E-state index is 12.6. The molecule has 4 rings (SSSR count). The number of anilines is 1. The minimum Gasteiger partial charge on any atom is -0.392 e. The first-order valence-corrected chi connectivity index (χ1v) is 10.2. The molecule has 2 aromatic carbocycles. The van der Waals surface area contributed by atoms with E-state index < -0.39 is 0 Å². The summed E-state index contributed by atoms with van der Waals surface area (Å²) in [6, 6.07) is 18.3. The molecule has 0 bridgehead atoms. The molecule has 0 radical (unpaired) electrons. The van der Waals surface area contributed by atoms with Crippen LogP contribution in [-0.2, 0) is 17.8 Å². The van der Waals surface area contributed by atoms with Gasteiger partial charge in [-0.05, 0) is 42.7 Å². The Kier molecular flexibility index (Phi) is 6.17. The van der Waals surface area contributed by atoms with E-state index in [1.807, 2.05) is 48.5 Å². The summed E-state index contributed by atoms with van der Waals surface area (Å²) in [6.45, 7) is 2.37. The van der Waals surface area contributed by atoms with Crippen molar-refractivity contribution in [2.45, 2.75) is 31.9 Å². The van der Waals surface area contributed by atoms with Crippen LogP contribution in [-0.4, -0.2) is 46.4 Å². The molecule has 0 atom stereocenters. The van der Waals surface area contributed by atoms with Crippen molar-refractivity contribution in [2.75, 3.05) is 25.0 Å². The van der Waals surface area contributed by atoms with Crippen LogP contribution in [0.25, 0.3) is 10.9 Å². The fourth-order valence-electron chi connectivity index (χ4n) is 4.02. The Labute approximate surface area is 171 Å². The van der Waals surface area contributed by atoms with Gasteiger partial charge >= 0.3 is 0 Å². The fourth-order valence-corrected chi connectivity index (χ4v) is 4.02. The molecule has 5 heteroatoms. The zero-order valence-electron chi connectivity index (χ0n) is 16.6. The Morgan fingerprint density at radius 2 is 1.93 bits per heavy atom. The Hall–Kier alpha value is -2.76. The van der Waals surface area contributed by atoms with Gasteiger partial charge in [-0.2, -0.15) is 0 Å². The van der Waals surface area contributed by atoms with E-state index in [0.29, 0.717) is 19.0 Å². The third-order valence-electron chi connectivity index (χ3n) is 5.60. The summed E-state index contributed by atoms with van der Waals surface area (Å²) in [6.07, 6.45) is 4.24. The minimum atomic E-state index is 0.0430. The van der Waals surface area contributed by atoms with Gasteiger partial charge in [0.15, 0.2) is 5.78 Å². The summed E-state index contributed by atoms with van der Waals surface area (Å²) < 4.78 is 0. The van der Waals surface area contributed by atoms with Gasteiger partial charge in [0.1, 0.15) is 0 Å². The lowest BCUT2D eigenvalue weighted by Crippen LogP contribution is -2.41. The molecule has 0 unspecified atom stereocenters. The number of likely N-dealkylation sites (tertiary alicyclic amines) is 1. The lowest BCUT2D eigenvalue weighted by Gasteiger charge is -2.32. The maximum Gasteiger partial charge on any atom is 0.151 e. The van der Waals surface area contributed by atoms with Crippen LogP contribution in [0.4, 0.5) is 5.69 Å². The van der Waals surface area contributed by atoms with Gasteiger partial charge in [0, 0.05) is 48.4 Å². The molecule has 3 aromatic rings. The number of nitrogens with zero attached hydrogens (tertiary/aromatic N) is 2. The topological polar surface area (TPSA) is 65.5 Å². The molecule has 0 saturated carbocycles. The SMILES string of the molecule is O=C(Cc1ccc2ncccc2c1)CN1CCC(Nc2ccccc2CO)CC1. The molecule has 1 aliphatic rings. The number of nitrogens with one attached hydrogen (secondary N) is 1. The number of carbonyl (C=O) groups is 1. The number of benzene rings is 2. The standard InChI is InChI=1S/C24H27N3O2/c28-17-20-4-1-2-6-24(20)26-21-9-12-27(13-10-21)16-22(29)15-18-7-8-23-19(14-18)5-3-11-25-23/h1-8,11,14,21,26,28H,9-10,12-13,15-17H2. The van der Waals surface area contributed by atoms with E-state index in [1.54, 1.807) is 6.20 Å². The highest BCUT2D eigenvalue weighted by atomic mass is 16.3. The molecule has 150 valence electrons. The van der Waals surface area contributed by atoms with E-state index in [-0.39, 0.29) is 12.4 Å². The van der Waals surface area contributed by atoms with Crippen LogP contribution in [0.5, 0.6) is 0 Å². The van der Waals surface area contributed by atoms with Crippen molar-refractivity contribution in [1.29, 1.82) is 0 Å². The van der Waals surface area contributed by atoms with Crippen LogP contribution in [0.2, 0.25) is 0 Å². The average molecular weight is 389 g/mol. The van der Waals surface area contributed by atoms with E-state index in [4.69, 9.17) is 0 Å². The van der Waals surface area contributed by atoms with E-state index in [1.165, 1.54) is 0 Å². The number of piperidine rings is 1. The van der Waals surface area contributed by atoms with Crippen LogP contribution >= 0.6 is 0 Å². The normalized spacial score (nSPS) is 15.5. The predicted octanol–water partition coefficient (Wildman–Crippen LogP) is 3.42. The summed E-state index contributed by atoms with van der Waals surface area (Å²) >= 11 is 0. The van der Waals surface area contributed by atoms with Crippen molar-refractivity contribution in [3.8, 4) is 0 Å². The third kappa shape index (κ3) is 5.00. The van der Waals surface area contributed by atoms with Gasteiger partial charge in [-0.15, -0.1) is 0 Å². The van der Waals surface area contributed by atoms with Gasteiger partial charge in [-0.1, -0.05) is 30.3 Å². The van der Waals surface area contributed by atoms with Crippen LogP contribution in [0.1, 0.15) is 24.0 Å². The van der Waals surface area contributed by atoms with Gasteiger partial charge < -0.3 is 10.4 Å². The van der Waals surface area contributed by atoms with Gasteiger partial charge in [0.2, 0.25) is 0 Å². The number of rotatable bonds is 7. The van der Waals surface area contributed by atoms with E-state index in [2.05, 4.69) is 21.3 Å². The highest BCUT2D eigenvalue weighted by molar-refractivity contribution is 5.85. The molecule has 0 amide bonds. The van der Waals surface area contributed by atoms with Crippen molar-refractivity contribution in [2.24, 2.45) is 0 Å². The first kappa shape index (κ1) is 19.6. The Bertz CT molecular complexity index is 981. The number of aliphatic hydroxyl groups excluding tert-OH is 1. The first-order valence-electron chi connectivity index (χ1n) is 10.2. The predicted molar refractivity (Wildman–Crippen MR) is 116 cm³/mol. The van der Waals surface area contributed by atoms with Crippen molar-refractivity contribution in [3.05, 3.63) is 71.9 Å². The Morgan fingerprint density at radius 3 is 2.76 bits per heavy atom. The quantitative estimate of drug-likeness (QED) is 0.648. The molecule has 2 heterocycles. The highest BCUT2D eigenvalue weighted by Crippen LogP contribution is 2.21. The lowest BCUT2D eigenvalue weighted by molar-refractivity contribution is -0.119. The molecule has 0 spiro atoms. The number of para-hydroxylation sites is 1. The molecule has 2 N–H and O–H groups in total. The summed E-state index contributed by atoms with van der Waals surface area (Å²) in [4.78, 5) is 19.2. The fraction of sp³-hybridized carbons (Fsp3) is 0.333. The van der Waals surface area contributed by atoms with E-state index >= 15 is 0 Å². The number of fused-ring (bicyclic) bond motifs is 1. The maximum absolute atomic E-state index is 12.6. The Balaban J connectivity index is 1.27. The van der Waals surface area contributed by atoms with Gasteiger partial charge in [0.05, 0.1) is 18.7 Å². The second-order valence-electron chi connectivity index (χ2n) is 7.76. The number of Topliss-reactive ketones (excluding diaryl/α,β-unsaturated/α-hetero) is 1. The number of pyridine rings is 1. The lowest BCUT2D eigenvalue weighted by atomic mass is 10.0. The summed E-state index contributed by atoms with van der Waals surface area (Å²) in [5, 5.41) is 14.1. The third-order valence-corrected chi connectivity index (χ3v) is 5.60. The minimum absolute atomic E-state index is 0.0430. The Morgan fingerprint density at radius 1 is 1.10 bits per heavy atom. The molecular formula is C24H27N3O2. The number of ketones is 1. The molecule has 1 saturated heterocycles. The van der Waals surface area contributed by atoms with Gasteiger partial charge in [-0.3, -0.25) is 14.7 Å². The van der Waals surface area contributed by atoms with Crippen molar-refractivity contribution in [1.82, 2.24) is 9.88 Å². The van der Waals surface area contributed by atoms with Crippen LogP contribution in [0.15, 0.2) is 60.8 Å². The number of aliphatic hydroxyl groups is 1. The van der Waals surface area contributed by atoms with Crippen molar-refractivity contribution in [3.63, 3.8) is 0 Å². The molecule has 1 aromatic heterocycles. The van der Waals surface area contributed by atoms with Crippen LogP contribution in [0.3, 0.4) is 0 Å². The van der Waals surface area contributed by atoms with Crippen molar-refractivity contribution >= 4 is 22.4 Å². The molecular weight excluding hydrogens is 362 g/mol. The van der Waals surface area contributed by atoms with Crippen LogP contribution in [0, 0.1) is 0 Å².